The lowest BCUT2D eigenvalue weighted by molar-refractivity contribution is -0.124. The number of aromatic nitrogens is 3. The zero-order chi connectivity index (χ0) is 34.8. The predicted octanol–water partition coefficient (Wildman–Crippen LogP) is 4.12. The van der Waals surface area contributed by atoms with Gasteiger partial charge in [-0.25, -0.2) is 18.4 Å². The maximum Gasteiger partial charge on any atom is 0.270 e. The van der Waals surface area contributed by atoms with Crippen molar-refractivity contribution in [3.05, 3.63) is 127 Å². The van der Waals surface area contributed by atoms with E-state index < -0.39 is 40.0 Å². The Hall–Kier alpha value is -4.91. The van der Waals surface area contributed by atoms with Gasteiger partial charge in [0.25, 0.3) is 5.91 Å². The fourth-order valence-corrected chi connectivity index (χ4v) is 6.97. The molecule has 0 saturated carbocycles. The lowest BCUT2D eigenvalue weighted by Crippen LogP contribution is -2.56. The number of amides is 2. The molecule has 2 aromatic heterocycles. The largest absolute Gasteiger partial charge is 0.390 e. The number of benzene rings is 3. The molecule has 0 fully saturated rings. The number of nitrogens with one attached hydrogen (secondary N) is 3. The van der Waals surface area contributed by atoms with Crippen molar-refractivity contribution in [2.24, 2.45) is 5.92 Å². The van der Waals surface area contributed by atoms with Gasteiger partial charge in [0.2, 0.25) is 15.9 Å². The first-order chi connectivity index (χ1) is 23.6. The highest BCUT2D eigenvalue weighted by Crippen LogP contribution is 2.19. The first kappa shape index (κ1) is 35.4. The van der Waals surface area contributed by atoms with Crippen molar-refractivity contribution in [2.45, 2.75) is 56.2 Å². The molecular weight excluding hydrogens is 641 g/mol. The number of aliphatic hydroxyl groups excluding tert-OH is 1. The normalized spacial score (nSPS) is 13.7. The van der Waals surface area contributed by atoms with E-state index >= 15 is 0 Å². The third kappa shape index (κ3) is 9.59. The quantitative estimate of drug-likeness (QED) is 0.122. The molecule has 256 valence electrons. The van der Waals surface area contributed by atoms with E-state index in [-0.39, 0.29) is 42.4 Å². The van der Waals surface area contributed by atoms with Crippen LogP contribution in [0.15, 0.2) is 114 Å². The molecule has 2 heterocycles. The van der Waals surface area contributed by atoms with E-state index in [0.29, 0.717) is 17.6 Å². The van der Waals surface area contributed by atoms with Gasteiger partial charge in [0.1, 0.15) is 11.7 Å². The molecule has 0 aliphatic heterocycles. The average molecular weight is 683 g/mol. The fraction of sp³-hybridized carbons (Fsp3) is 0.297. The van der Waals surface area contributed by atoms with E-state index in [1.54, 1.807) is 42.6 Å². The Kier molecular flexibility index (Phi) is 11.9. The molecule has 3 atom stereocenters. The molecule has 5 rings (SSSR count). The standard InChI is InChI=1S/C37H42N6O5S/c1-26(2)19-20-43(49(47,48)30-14-7-4-8-15-30)24-35(44)33(21-27-11-5-3-6-12-27)41-37(46)34(22-29-23-38-25-39-29)42-36(45)32-18-17-28-13-9-10-16-31(28)40-32/h3-18,23,25-26,33-35,44H,19-22,24H2,1-2H3,(H,38,39)(H,41,46)(H,42,45)/t33-,34-,35+/m0/s1. The van der Waals surface area contributed by atoms with Crippen LogP contribution in [-0.4, -0.2) is 75.9 Å². The van der Waals surface area contributed by atoms with Gasteiger partial charge in [-0.05, 0) is 48.6 Å². The van der Waals surface area contributed by atoms with Gasteiger partial charge < -0.3 is 20.7 Å². The zero-order valence-corrected chi connectivity index (χ0v) is 28.4. The van der Waals surface area contributed by atoms with Crippen molar-refractivity contribution in [1.82, 2.24) is 29.9 Å². The highest BCUT2D eigenvalue weighted by Gasteiger charge is 2.33. The Morgan fingerprint density at radius 1 is 0.878 bits per heavy atom. The minimum atomic E-state index is -3.95. The predicted molar refractivity (Wildman–Crippen MR) is 188 cm³/mol. The summed E-state index contributed by atoms with van der Waals surface area (Å²) in [5, 5.41) is 18.4. The van der Waals surface area contributed by atoms with Crippen LogP contribution in [0.5, 0.6) is 0 Å². The van der Waals surface area contributed by atoms with Crippen molar-refractivity contribution < 1.29 is 23.1 Å². The minimum absolute atomic E-state index is 0.0855. The Balaban J connectivity index is 1.41. The number of carbonyl (C=O) groups excluding carboxylic acids is 2. The third-order valence-corrected chi connectivity index (χ3v) is 10.1. The summed E-state index contributed by atoms with van der Waals surface area (Å²) in [6, 6.07) is 26.3. The Labute approximate surface area is 286 Å². The second-order valence-electron chi connectivity index (χ2n) is 12.4. The maximum atomic E-state index is 14.0. The number of sulfonamides is 1. The van der Waals surface area contributed by atoms with Crippen LogP contribution in [0, 0.1) is 5.92 Å². The lowest BCUT2D eigenvalue weighted by atomic mass is 10.00. The lowest BCUT2D eigenvalue weighted by Gasteiger charge is -2.31. The smallest absolute Gasteiger partial charge is 0.270 e. The Morgan fingerprint density at radius 3 is 2.27 bits per heavy atom. The summed E-state index contributed by atoms with van der Waals surface area (Å²) in [4.78, 5) is 39.1. The van der Waals surface area contributed by atoms with Gasteiger partial charge in [0.15, 0.2) is 0 Å². The summed E-state index contributed by atoms with van der Waals surface area (Å²) >= 11 is 0. The number of fused-ring (bicyclic) bond motifs is 1. The molecule has 0 bridgehead atoms. The molecule has 0 unspecified atom stereocenters. The number of aromatic amines is 1. The monoisotopic (exact) mass is 682 g/mol. The van der Waals surface area contributed by atoms with Crippen molar-refractivity contribution in [2.75, 3.05) is 13.1 Å². The summed E-state index contributed by atoms with van der Waals surface area (Å²) in [7, 11) is -3.95. The molecular formula is C37H42N6O5S. The van der Waals surface area contributed by atoms with E-state index in [2.05, 4.69) is 25.6 Å². The second-order valence-corrected chi connectivity index (χ2v) is 14.4. The third-order valence-electron chi connectivity index (χ3n) is 8.25. The molecule has 0 aliphatic carbocycles. The highest BCUT2D eigenvalue weighted by molar-refractivity contribution is 7.89. The molecule has 0 saturated heterocycles. The number of H-pyrrole nitrogens is 1. The van der Waals surface area contributed by atoms with Crippen LogP contribution in [0.1, 0.15) is 42.0 Å². The molecule has 3 aromatic carbocycles. The van der Waals surface area contributed by atoms with Crippen LogP contribution in [0.4, 0.5) is 0 Å². The zero-order valence-electron chi connectivity index (χ0n) is 27.6. The number of rotatable bonds is 16. The summed E-state index contributed by atoms with van der Waals surface area (Å²) in [6.07, 6.45) is 2.64. The first-order valence-corrected chi connectivity index (χ1v) is 17.8. The van der Waals surface area contributed by atoms with E-state index in [0.717, 1.165) is 10.9 Å². The number of hydrogen-bond donors (Lipinski definition) is 4. The number of hydrogen-bond acceptors (Lipinski definition) is 7. The van der Waals surface area contributed by atoms with Gasteiger partial charge >= 0.3 is 0 Å². The number of para-hydroxylation sites is 1. The number of aliphatic hydroxyl groups is 1. The van der Waals surface area contributed by atoms with E-state index in [4.69, 9.17) is 0 Å². The summed E-state index contributed by atoms with van der Waals surface area (Å²) in [5.41, 5.74) is 2.24. The Morgan fingerprint density at radius 2 is 1.57 bits per heavy atom. The van der Waals surface area contributed by atoms with Gasteiger partial charge in [0.05, 0.1) is 28.9 Å². The highest BCUT2D eigenvalue weighted by atomic mass is 32.2. The molecule has 0 spiro atoms. The molecule has 4 N–H and O–H groups in total. The number of nitrogens with zero attached hydrogens (tertiary/aromatic N) is 3. The van der Waals surface area contributed by atoms with Crippen LogP contribution in [0.25, 0.3) is 10.9 Å². The van der Waals surface area contributed by atoms with Crippen LogP contribution in [0.2, 0.25) is 0 Å². The van der Waals surface area contributed by atoms with Crippen molar-refractivity contribution in [1.29, 1.82) is 0 Å². The molecule has 2 amide bonds. The molecule has 0 radical (unpaired) electrons. The number of carbonyl (C=O) groups is 2. The van der Waals surface area contributed by atoms with E-state index in [1.165, 1.54) is 22.8 Å². The molecule has 0 aliphatic rings. The fourth-order valence-electron chi connectivity index (χ4n) is 5.47. The van der Waals surface area contributed by atoms with Gasteiger partial charge in [-0.2, -0.15) is 4.31 Å². The van der Waals surface area contributed by atoms with E-state index in [9.17, 15) is 23.1 Å². The van der Waals surface area contributed by atoms with Crippen LogP contribution >= 0.6 is 0 Å². The minimum Gasteiger partial charge on any atom is -0.390 e. The van der Waals surface area contributed by atoms with E-state index in [1.807, 2.05) is 62.4 Å². The van der Waals surface area contributed by atoms with Crippen molar-refractivity contribution >= 4 is 32.7 Å². The SMILES string of the molecule is CC(C)CCN(C[C@@H](O)[C@H](Cc1ccccc1)NC(=O)[C@H](Cc1cnc[nH]1)NC(=O)c1ccc2ccccc2n1)S(=O)(=O)c1ccccc1. The van der Waals surface area contributed by atoms with Gasteiger partial charge in [0, 0.05) is 36.8 Å². The molecule has 11 nitrogen and oxygen atoms in total. The maximum absolute atomic E-state index is 14.0. The summed E-state index contributed by atoms with van der Waals surface area (Å²) in [5.74, 6) is -0.878. The van der Waals surface area contributed by atoms with Gasteiger partial charge in [-0.15, -0.1) is 0 Å². The van der Waals surface area contributed by atoms with Crippen molar-refractivity contribution in [3.8, 4) is 0 Å². The van der Waals surface area contributed by atoms with Crippen molar-refractivity contribution in [3.63, 3.8) is 0 Å². The Bertz CT molecular complexity index is 1920. The van der Waals surface area contributed by atoms with Crippen LogP contribution in [-0.2, 0) is 27.7 Å². The number of imidazole rings is 1. The number of pyridine rings is 1. The first-order valence-electron chi connectivity index (χ1n) is 16.3. The second kappa shape index (κ2) is 16.5. The van der Waals surface area contributed by atoms with Crippen LogP contribution < -0.4 is 10.6 Å². The topological polar surface area (TPSA) is 157 Å². The molecule has 12 heteroatoms. The molecule has 5 aromatic rings. The molecule has 49 heavy (non-hydrogen) atoms. The summed E-state index contributed by atoms with van der Waals surface area (Å²) in [6.45, 7) is 3.95. The van der Waals surface area contributed by atoms with Gasteiger partial charge in [-0.3, -0.25) is 9.59 Å². The van der Waals surface area contributed by atoms with Crippen LogP contribution in [0.3, 0.4) is 0 Å². The van der Waals surface area contributed by atoms with Gasteiger partial charge in [-0.1, -0.05) is 86.6 Å². The average Bonchev–Trinajstić information content (AvgIpc) is 3.63. The summed E-state index contributed by atoms with van der Waals surface area (Å²) < 4.78 is 28.8.